The molecule has 150 valence electrons. The molecule has 28 heavy (non-hydrogen) atoms. The zero-order valence-corrected chi connectivity index (χ0v) is 17.9. The molecule has 1 heterocycles. The van der Waals surface area contributed by atoms with E-state index in [2.05, 4.69) is 24.8 Å². The Morgan fingerprint density at radius 1 is 1.07 bits per heavy atom. The third kappa shape index (κ3) is 4.44. The van der Waals surface area contributed by atoms with Crippen LogP contribution < -0.4 is 9.64 Å². The van der Waals surface area contributed by atoms with Gasteiger partial charge < -0.3 is 14.5 Å². The Balaban J connectivity index is 1.65. The fourth-order valence-corrected chi connectivity index (χ4v) is 3.77. The van der Waals surface area contributed by atoms with Crippen LogP contribution in [-0.2, 0) is 4.79 Å². The van der Waals surface area contributed by atoms with Gasteiger partial charge in [-0.3, -0.25) is 4.79 Å². The molecule has 1 aliphatic heterocycles. The van der Waals surface area contributed by atoms with Crippen molar-refractivity contribution in [1.29, 1.82) is 0 Å². The quantitative estimate of drug-likeness (QED) is 0.724. The number of benzene rings is 2. The van der Waals surface area contributed by atoms with Crippen LogP contribution in [0, 0.1) is 20.8 Å². The van der Waals surface area contributed by atoms with E-state index >= 15 is 0 Å². The van der Waals surface area contributed by atoms with Crippen molar-refractivity contribution in [1.82, 2.24) is 4.90 Å². The SMILES string of the molecule is CC[C@H](Oc1cccc(C)c1C)C(=O)N1CCN(c2cc(Cl)ccc2C)CC1. The van der Waals surface area contributed by atoms with E-state index in [4.69, 9.17) is 16.3 Å². The molecule has 0 bridgehead atoms. The molecule has 1 fully saturated rings. The fourth-order valence-electron chi connectivity index (χ4n) is 3.61. The molecular formula is C23H29ClN2O2. The number of nitrogens with zero attached hydrogens (tertiary/aromatic N) is 2. The van der Waals surface area contributed by atoms with Crippen LogP contribution >= 0.6 is 11.6 Å². The van der Waals surface area contributed by atoms with E-state index in [-0.39, 0.29) is 5.91 Å². The van der Waals surface area contributed by atoms with E-state index < -0.39 is 6.10 Å². The number of amides is 1. The van der Waals surface area contributed by atoms with Crippen LogP contribution in [0.1, 0.15) is 30.0 Å². The lowest BCUT2D eigenvalue weighted by Crippen LogP contribution is -2.52. The van der Waals surface area contributed by atoms with E-state index in [1.54, 1.807) is 0 Å². The third-order valence-electron chi connectivity index (χ3n) is 5.57. The Hall–Kier alpha value is -2.20. The van der Waals surface area contributed by atoms with Crippen molar-refractivity contribution >= 4 is 23.2 Å². The van der Waals surface area contributed by atoms with Gasteiger partial charge in [0.25, 0.3) is 5.91 Å². The first-order valence-electron chi connectivity index (χ1n) is 9.93. The number of halogens is 1. The topological polar surface area (TPSA) is 32.8 Å². The lowest BCUT2D eigenvalue weighted by atomic mass is 10.1. The molecule has 0 saturated carbocycles. The minimum Gasteiger partial charge on any atom is -0.480 e. The number of hydrogen-bond donors (Lipinski definition) is 0. The lowest BCUT2D eigenvalue weighted by Gasteiger charge is -2.38. The molecule has 1 atom stereocenters. The molecule has 2 aromatic carbocycles. The molecule has 1 aliphatic rings. The van der Waals surface area contributed by atoms with Gasteiger partial charge in [-0.15, -0.1) is 0 Å². The molecule has 0 radical (unpaired) electrons. The van der Waals surface area contributed by atoms with Gasteiger partial charge in [0.15, 0.2) is 6.10 Å². The predicted octanol–water partition coefficient (Wildman–Crippen LogP) is 4.77. The van der Waals surface area contributed by atoms with Crippen molar-refractivity contribution in [2.24, 2.45) is 0 Å². The average Bonchev–Trinajstić information content (AvgIpc) is 2.70. The summed E-state index contributed by atoms with van der Waals surface area (Å²) in [6.07, 6.45) is 0.208. The smallest absolute Gasteiger partial charge is 0.263 e. The largest absolute Gasteiger partial charge is 0.480 e. The van der Waals surface area contributed by atoms with Crippen molar-refractivity contribution in [2.75, 3.05) is 31.1 Å². The minimum absolute atomic E-state index is 0.0749. The summed E-state index contributed by atoms with van der Waals surface area (Å²) in [7, 11) is 0. The Labute approximate surface area is 173 Å². The maximum Gasteiger partial charge on any atom is 0.263 e. The molecule has 0 N–H and O–H groups in total. The number of anilines is 1. The van der Waals surface area contributed by atoms with Gasteiger partial charge in [-0.05, 0) is 62.1 Å². The highest BCUT2D eigenvalue weighted by Crippen LogP contribution is 2.26. The zero-order valence-electron chi connectivity index (χ0n) is 17.2. The molecule has 0 spiro atoms. The van der Waals surface area contributed by atoms with Crippen molar-refractivity contribution in [3.8, 4) is 5.75 Å². The fraction of sp³-hybridized carbons (Fsp3) is 0.435. The normalized spacial score (nSPS) is 15.5. The summed E-state index contributed by atoms with van der Waals surface area (Å²) in [6.45, 7) is 11.2. The first-order chi connectivity index (χ1) is 13.4. The number of aryl methyl sites for hydroxylation is 2. The summed E-state index contributed by atoms with van der Waals surface area (Å²) in [6, 6.07) is 11.9. The van der Waals surface area contributed by atoms with Gasteiger partial charge in [0.2, 0.25) is 0 Å². The number of rotatable bonds is 5. The molecular weight excluding hydrogens is 372 g/mol. The maximum absolute atomic E-state index is 13.1. The Bertz CT molecular complexity index is 844. The highest BCUT2D eigenvalue weighted by atomic mass is 35.5. The van der Waals surface area contributed by atoms with Crippen LogP contribution in [0.3, 0.4) is 0 Å². The van der Waals surface area contributed by atoms with E-state index in [0.29, 0.717) is 19.5 Å². The summed E-state index contributed by atoms with van der Waals surface area (Å²) in [5.74, 6) is 0.874. The van der Waals surface area contributed by atoms with Gasteiger partial charge in [0.05, 0.1) is 0 Å². The van der Waals surface area contributed by atoms with Crippen molar-refractivity contribution in [3.05, 3.63) is 58.1 Å². The zero-order chi connectivity index (χ0) is 20.3. The second-order valence-corrected chi connectivity index (χ2v) is 7.89. The van der Waals surface area contributed by atoms with Crippen LogP contribution in [0.25, 0.3) is 0 Å². The molecule has 4 nitrogen and oxygen atoms in total. The summed E-state index contributed by atoms with van der Waals surface area (Å²) in [5.41, 5.74) is 4.62. The second kappa shape index (κ2) is 8.87. The predicted molar refractivity (Wildman–Crippen MR) is 116 cm³/mol. The minimum atomic E-state index is -0.444. The second-order valence-electron chi connectivity index (χ2n) is 7.46. The number of carbonyl (C=O) groups excluding carboxylic acids is 1. The molecule has 5 heteroatoms. The summed E-state index contributed by atoms with van der Waals surface area (Å²) >= 11 is 6.17. The molecule has 1 amide bonds. The van der Waals surface area contributed by atoms with Crippen molar-refractivity contribution in [2.45, 2.75) is 40.2 Å². The number of piperazine rings is 1. The molecule has 2 aromatic rings. The summed E-state index contributed by atoms with van der Waals surface area (Å²) < 4.78 is 6.11. The van der Waals surface area contributed by atoms with Gasteiger partial charge in [-0.1, -0.05) is 36.7 Å². The Morgan fingerprint density at radius 3 is 2.46 bits per heavy atom. The Morgan fingerprint density at radius 2 is 1.79 bits per heavy atom. The van der Waals surface area contributed by atoms with Crippen LogP contribution in [0.15, 0.2) is 36.4 Å². The van der Waals surface area contributed by atoms with Gasteiger partial charge in [0.1, 0.15) is 5.75 Å². The number of ether oxygens (including phenoxy) is 1. The number of carbonyl (C=O) groups is 1. The maximum atomic E-state index is 13.1. The van der Waals surface area contributed by atoms with E-state index in [1.165, 1.54) is 11.1 Å². The number of hydrogen-bond acceptors (Lipinski definition) is 3. The molecule has 0 aromatic heterocycles. The van der Waals surface area contributed by atoms with Crippen LogP contribution in [-0.4, -0.2) is 43.1 Å². The van der Waals surface area contributed by atoms with Crippen molar-refractivity contribution in [3.63, 3.8) is 0 Å². The standard InChI is InChI=1S/C23H29ClN2O2/c1-5-21(28-22-8-6-7-16(2)18(22)4)23(27)26-13-11-25(12-14-26)20-15-19(24)10-9-17(20)3/h6-10,15,21H,5,11-14H2,1-4H3/t21-/m0/s1. The monoisotopic (exact) mass is 400 g/mol. The van der Waals surface area contributed by atoms with E-state index in [1.807, 2.05) is 49.1 Å². The Kier molecular flexibility index (Phi) is 6.50. The molecule has 0 unspecified atom stereocenters. The highest BCUT2D eigenvalue weighted by Gasteiger charge is 2.28. The summed E-state index contributed by atoms with van der Waals surface area (Å²) in [5, 5.41) is 0.743. The first kappa shape index (κ1) is 20.5. The lowest BCUT2D eigenvalue weighted by molar-refractivity contribution is -0.139. The van der Waals surface area contributed by atoms with Crippen LogP contribution in [0.4, 0.5) is 5.69 Å². The van der Waals surface area contributed by atoms with Gasteiger partial charge >= 0.3 is 0 Å². The molecule has 0 aliphatic carbocycles. The van der Waals surface area contributed by atoms with Crippen LogP contribution in [0.5, 0.6) is 5.75 Å². The van der Waals surface area contributed by atoms with Crippen LogP contribution in [0.2, 0.25) is 5.02 Å². The first-order valence-corrected chi connectivity index (χ1v) is 10.3. The van der Waals surface area contributed by atoms with Gasteiger partial charge in [-0.2, -0.15) is 0 Å². The third-order valence-corrected chi connectivity index (χ3v) is 5.81. The van der Waals surface area contributed by atoms with E-state index in [9.17, 15) is 4.79 Å². The highest BCUT2D eigenvalue weighted by molar-refractivity contribution is 6.30. The molecule has 3 rings (SSSR count). The van der Waals surface area contributed by atoms with Gasteiger partial charge in [0, 0.05) is 36.9 Å². The average molecular weight is 401 g/mol. The van der Waals surface area contributed by atoms with Crippen molar-refractivity contribution < 1.29 is 9.53 Å². The van der Waals surface area contributed by atoms with E-state index in [0.717, 1.165) is 35.1 Å². The summed E-state index contributed by atoms with van der Waals surface area (Å²) in [4.78, 5) is 17.3. The molecule has 1 saturated heterocycles. The van der Waals surface area contributed by atoms with Gasteiger partial charge in [-0.25, -0.2) is 0 Å².